The second kappa shape index (κ2) is 10.0. The topological polar surface area (TPSA) is 90.0 Å². The van der Waals surface area contributed by atoms with Crippen LogP contribution in [-0.2, 0) is 19.2 Å². The fourth-order valence-electron chi connectivity index (χ4n) is 3.20. The van der Waals surface area contributed by atoms with Crippen molar-refractivity contribution in [3.05, 3.63) is 29.3 Å². The third-order valence-corrected chi connectivity index (χ3v) is 5.10. The van der Waals surface area contributed by atoms with Gasteiger partial charge in [-0.3, -0.25) is 19.2 Å². The number of hydrogen-bond donors (Lipinski definition) is 1. The molecule has 0 aromatic heterocycles. The van der Waals surface area contributed by atoms with E-state index < -0.39 is 0 Å². The fourth-order valence-corrected chi connectivity index (χ4v) is 3.20. The summed E-state index contributed by atoms with van der Waals surface area (Å²) in [4.78, 5) is 52.9. The van der Waals surface area contributed by atoms with Gasteiger partial charge < -0.3 is 20.0 Å². The van der Waals surface area contributed by atoms with Gasteiger partial charge in [0.1, 0.15) is 0 Å². The van der Waals surface area contributed by atoms with E-state index in [9.17, 15) is 19.2 Å². The molecule has 0 unspecified atom stereocenters. The van der Waals surface area contributed by atoms with Crippen molar-refractivity contribution in [1.29, 1.82) is 0 Å². The number of carbonyl (C=O) groups is 4. The number of amides is 4. The molecular weight excluding hydrogens is 372 g/mol. The molecule has 0 saturated carbocycles. The molecule has 0 radical (unpaired) electrons. The van der Waals surface area contributed by atoms with E-state index in [4.69, 9.17) is 0 Å². The van der Waals surface area contributed by atoms with Gasteiger partial charge >= 0.3 is 0 Å². The smallest absolute Gasteiger partial charge is 0.243 e. The Balaban J connectivity index is 1.75. The Morgan fingerprint density at radius 1 is 1.00 bits per heavy atom. The maximum atomic E-state index is 12.3. The molecule has 1 aliphatic heterocycles. The molecule has 0 atom stereocenters. The van der Waals surface area contributed by atoms with Crippen LogP contribution >= 0.6 is 0 Å². The third-order valence-electron chi connectivity index (χ3n) is 5.10. The molecule has 1 saturated heterocycles. The number of rotatable bonds is 6. The zero-order valence-electron chi connectivity index (χ0n) is 17.7. The van der Waals surface area contributed by atoms with Crippen LogP contribution in [0.3, 0.4) is 0 Å². The number of carbonyl (C=O) groups excluding carboxylic acids is 4. The minimum Gasteiger partial charge on any atom is -0.339 e. The van der Waals surface area contributed by atoms with Gasteiger partial charge in [0.25, 0.3) is 0 Å². The van der Waals surface area contributed by atoms with Crippen molar-refractivity contribution in [2.45, 2.75) is 33.6 Å². The molecule has 158 valence electrons. The van der Waals surface area contributed by atoms with Crippen molar-refractivity contribution in [2.24, 2.45) is 0 Å². The van der Waals surface area contributed by atoms with Gasteiger partial charge in [0.15, 0.2) is 0 Å². The van der Waals surface area contributed by atoms with Crippen LogP contribution in [0.5, 0.6) is 0 Å². The minimum atomic E-state index is -0.277. The summed E-state index contributed by atoms with van der Waals surface area (Å²) in [7, 11) is 1.56. The molecule has 0 spiro atoms. The molecule has 1 aromatic rings. The molecule has 1 fully saturated rings. The zero-order valence-corrected chi connectivity index (χ0v) is 17.7. The predicted molar refractivity (Wildman–Crippen MR) is 110 cm³/mol. The molecule has 1 aromatic carbocycles. The summed E-state index contributed by atoms with van der Waals surface area (Å²) in [5, 5.41) is 2.83. The fraction of sp³-hybridized carbons (Fsp3) is 0.524. The first kappa shape index (κ1) is 22.4. The highest BCUT2D eigenvalue weighted by molar-refractivity contribution is 5.95. The van der Waals surface area contributed by atoms with Crippen LogP contribution in [0, 0.1) is 13.8 Å². The lowest BCUT2D eigenvalue weighted by Gasteiger charge is -2.34. The van der Waals surface area contributed by atoms with Gasteiger partial charge in [-0.25, -0.2) is 0 Å². The molecule has 0 bridgehead atoms. The number of nitrogens with one attached hydrogen (secondary N) is 1. The summed E-state index contributed by atoms with van der Waals surface area (Å²) in [5.74, 6) is -0.624. The van der Waals surface area contributed by atoms with Crippen LogP contribution in [0.15, 0.2) is 18.2 Å². The van der Waals surface area contributed by atoms with Crippen LogP contribution in [0.4, 0.5) is 5.69 Å². The van der Waals surface area contributed by atoms with E-state index in [1.54, 1.807) is 16.8 Å². The maximum absolute atomic E-state index is 12.3. The molecular formula is C21H30N4O4. The van der Waals surface area contributed by atoms with Crippen molar-refractivity contribution in [2.75, 3.05) is 45.1 Å². The Morgan fingerprint density at radius 3 is 2.24 bits per heavy atom. The molecule has 4 amide bonds. The van der Waals surface area contributed by atoms with E-state index in [-0.39, 0.29) is 43.0 Å². The first-order chi connectivity index (χ1) is 13.7. The SMILES string of the molecule is CC(=O)N1CCN(C(=O)CCC(=O)N(C)CC(=O)Nc2cc(C)ccc2C)CC1. The third kappa shape index (κ3) is 6.58. The Morgan fingerprint density at radius 2 is 1.62 bits per heavy atom. The second-order valence-electron chi connectivity index (χ2n) is 7.50. The summed E-state index contributed by atoms with van der Waals surface area (Å²) in [6.45, 7) is 7.32. The molecule has 0 aliphatic carbocycles. The van der Waals surface area contributed by atoms with Crippen LogP contribution in [-0.4, -0.2) is 78.1 Å². The van der Waals surface area contributed by atoms with E-state index in [0.717, 1.165) is 16.8 Å². The lowest BCUT2D eigenvalue weighted by Crippen LogP contribution is -2.50. The summed E-state index contributed by atoms with van der Waals surface area (Å²) in [6.07, 6.45) is 0.154. The van der Waals surface area contributed by atoms with E-state index >= 15 is 0 Å². The molecule has 8 nitrogen and oxygen atoms in total. The monoisotopic (exact) mass is 402 g/mol. The Labute approximate surface area is 171 Å². The highest BCUT2D eigenvalue weighted by atomic mass is 16.2. The molecule has 2 rings (SSSR count). The molecule has 8 heteroatoms. The molecule has 1 N–H and O–H groups in total. The van der Waals surface area contributed by atoms with Gasteiger partial charge in [-0.2, -0.15) is 0 Å². The summed E-state index contributed by atoms with van der Waals surface area (Å²) < 4.78 is 0. The van der Waals surface area contributed by atoms with E-state index in [0.29, 0.717) is 26.2 Å². The standard InChI is InChI=1S/C21H30N4O4/c1-15-5-6-16(2)18(13-15)22-19(27)14-23(4)20(28)7-8-21(29)25-11-9-24(10-12-25)17(3)26/h5-6,13H,7-12,14H2,1-4H3,(H,22,27). The van der Waals surface area contributed by atoms with Crippen molar-refractivity contribution < 1.29 is 19.2 Å². The maximum Gasteiger partial charge on any atom is 0.243 e. The predicted octanol–water partition coefficient (Wildman–Crippen LogP) is 1.17. The van der Waals surface area contributed by atoms with Crippen LogP contribution in [0.25, 0.3) is 0 Å². The van der Waals surface area contributed by atoms with Crippen molar-refractivity contribution in [3.8, 4) is 0 Å². The Bertz CT molecular complexity index is 785. The quantitative estimate of drug-likeness (QED) is 0.774. The number of anilines is 1. The van der Waals surface area contributed by atoms with Crippen molar-refractivity contribution in [1.82, 2.24) is 14.7 Å². The van der Waals surface area contributed by atoms with Gasteiger partial charge in [-0.05, 0) is 31.0 Å². The second-order valence-corrected chi connectivity index (χ2v) is 7.50. The Hall–Kier alpha value is -2.90. The average Bonchev–Trinajstić information content (AvgIpc) is 2.68. The summed E-state index contributed by atoms with van der Waals surface area (Å²) in [6, 6.07) is 5.79. The number of likely N-dealkylation sites (N-methyl/N-ethyl adjacent to an activating group) is 1. The number of aryl methyl sites for hydroxylation is 2. The lowest BCUT2D eigenvalue weighted by atomic mass is 10.1. The minimum absolute atomic E-state index is 0.00744. The zero-order chi connectivity index (χ0) is 21.6. The van der Waals surface area contributed by atoms with Gasteiger partial charge in [-0.15, -0.1) is 0 Å². The number of hydrogen-bond acceptors (Lipinski definition) is 4. The molecule has 1 aliphatic rings. The average molecular weight is 402 g/mol. The van der Waals surface area contributed by atoms with E-state index in [1.807, 2.05) is 32.0 Å². The molecule has 29 heavy (non-hydrogen) atoms. The first-order valence-corrected chi connectivity index (χ1v) is 9.81. The van der Waals surface area contributed by atoms with E-state index in [1.165, 1.54) is 11.8 Å². The summed E-state index contributed by atoms with van der Waals surface area (Å²) in [5.41, 5.74) is 2.72. The highest BCUT2D eigenvalue weighted by Gasteiger charge is 2.23. The van der Waals surface area contributed by atoms with Gasteiger partial charge in [0.2, 0.25) is 23.6 Å². The highest BCUT2D eigenvalue weighted by Crippen LogP contribution is 2.16. The number of piperazine rings is 1. The van der Waals surface area contributed by atoms with E-state index in [2.05, 4.69) is 5.32 Å². The molecule has 1 heterocycles. The lowest BCUT2D eigenvalue weighted by molar-refractivity contribution is -0.140. The van der Waals surface area contributed by atoms with Crippen molar-refractivity contribution >= 4 is 29.3 Å². The normalized spacial score (nSPS) is 13.8. The van der Waals surface area contributed by atoms with Gasteiger partial charge in [0, 0.05) is 58.7 Å². The first-order valence-electron chi connectivity index (χ1n) is 9.81. The summed E-state index contributed by atoms with van der Waals surface area (Å²) >= 11 is 0. The number of benzene rings is 1. The Kier molecular flexibility index (Phi) is 7.75. The largest absolute Gasteiger partial charge is 0.339 e. The van der Waals surface area contributed by atoms with Gasteiger partial charge in [-0.1, -0.05) is 12.1 Å². The van der Waals surface area contributed by atoms with Crippen molar-refractivity contribution in [3.63, 3.8) is 0 Å². The van der Waals surface area contributed by atoms with Crippen LogP contribution in [0.1, 0.15) is 30.9 Å². The van der Waals surface area contributed by atoms with Crippen LogP contribution < -0.4 is 5.32 Å². The van der Waals surface area contributed by atoms with Gasteiger partial charge in [0.05, 0.1) is 6.54 Å². The number of nitrogens with zero attached hydrogens (tertiary/aromatic N) is 3. The van der Waals surface area contributed by atoms with Crippen LogP contribution in [0.2, 0.25) is 0 Å².